The van der Waals surface area contributed by atoms with Crippen molar-refractivity contribution in [2.45, 2.75) is 45.8 Å². The van der Waals surface area contributed by atoms with Gasteiger partial charge in [0.05, 0.1) is 0 Å². The van der Waals surface area contributed by atoms with Crippen molar-refractivity contribution in [2.24, 2.45) is 5.92 Å². The number of likely N-dealkylation sites (tertiary alicyclic amines) is 1. The molecule has 2 rings (SSSR count). The summed E-state index contributed by atoms with van der Waals surface area (Å²) in [6, 6.07) is 0. The zero-order valence-electron chi connectivity index (χ0n) is 13.3. The lowest BCUT2D eigenvalue weighted by Gasteiger charge is -2.39. The number of amides is 1. The van der Waals surface area contributed by atoms with E-state index >= 15 is 0 Å². The molecule has 0 aromatic carbocycles. The Kier molecular flexibility index (Phi) is 4.51. The summed E-state index contributed by atoms with van der Waals surface area (Å²) >= 11 is 0. The van der Waals surface area contributed by atoms with Crippen LogP contribution in [0.15, 0.2) is 4.52 Å². The van der Waals surface area contributed by atoms with Gasteiger partial charge in [-0.1, -0.05) is 5.16 Å². The van der Waals surface area contributed by atoms with Crippen molar-refractivity contribution in [1.29, 1.82) is 0 Å². The molecule has 0 aliphatic carbocycles. The number of hydrogen-bond acceptors (Lipinski definition) is 6. The number of rotatable bonds is 4. The molecule has 1 amide bonds. The van der Waals surface area contributed by atoms with Crippen molar-refractivity contribution in [3.8, 4) is 0 Å². The van der Waals surface area contributed by atoms with Gasteiger partial charge in [-0.15, -0.1) is 0 Å². The van der Waals surface area contributed by atoms with Crippen molar-refractivity contribution in [3.05, 3.63) is 11.7 Å². The fourth-order valence-electron chi connectivity index (χ4n) is 2.04. The smallest absolute Gasteiger partial charge is 0.410 e. The lowest BCUT2D eigenvalue weighted by atomic mass is 9.97. The van der Waals surface area contributed by atoms with Crippen LogP contribution in [0.3, 0.4) is 0 Å². The molecule has 118 valence electrons. The van der Waals surface area contributed by atoms with E-state index < -0.39 is 5.60 Å². The number of carbonyl (C=O) groups is 1. The van der Waals surface area contributed by atoms with Crippen LogP contribution in [-0.4, -0.2) is 46.9 Å². The van der Waals surface area contributed by atoms with Crippen LogP contribution in [-0.2, 0) is 15.9 Å². The molecular weight excluding hydrogens is 274 g/mol. The van der Waals surface area contributed by atoms with E-state index in [1.807, 2.05) is 27.7 Å². The van der Waals surface area contributed by atoms with Gasteiger partial charge in [0.25, 0.3) is 0 Å². The Balaban J connectivity index is 1.78. The maximum Gasteiger partial charge on any atom is 0.410 e. The summed E-state index contributed by atoms with van der Waals surface area (Å²) in [4.78, 5) is 17.8. The van der Waals surface area contributed by atoms with Gasteiger partial charge in [0.1, 0.15) is 11.7 Å². The summed E-state index contributed by atoms with van der Waals surface area (Å²) in [5.74, 6) is 1.47. The maximum atomic E-state index is 11.8. The highest BCUT2D eigenvalue weighted by Crippen LogP contribution is 2.23. The predicted octanol–water partition coefficient (Wildman–Crippen LogP) is 2.19. The van der Waals surface area contributed by atoms with Gasteiger partial charge in [0.2, 0.25) is 5.89 Å². The molecule has 0 bridgehead atoms. The monoisotopic (exact) mass is 297 g/mol. The number of hydrogen-bond donors (Lipinski definition) is 0. The molecule has 1 saturated heterocycles. The standard InChI is InChI=1S/C14H23N3O4/c1-9(19-5)12-15-11(21-16-12)6-10-7-17(8-10)13(18)20-14(2,3)4/h9-10H,6-8H2,1-5H3. The molecule has 1 aliphatic heterocycles. The van der Waals surface area contributed by atoms with Crippen LogP contribution < -0.4 is 0 Å². The minimum atomic E-state index is -0.458. The molecule has 1 fully saturated rings. The highest BCUT2D eigenvalue weighted by atomic mass is 16.6. The Morgan fingerprint density at radius 3 is 2.71 bits per heavy atom. The third-order valence-electron chi connectivity index (χ3n) is 3.27. The molecule has 2 heterocycles. The predicted molar refractivity (Wildman–Crippen MR) is 74.7 cm³/mol. The van der Waals surface area contributed by atoms with Gasteiger partial charge in [-0.25, -0.2) is 4.79 Å². The summed E-state index contributed by atoms with van der Waals surface area (Å²) in [5.41, 5.74) is -0.458. The summed E-state index contributed by atoms with van der Waals surface area (Å²) in [5, 5.41) is 3.88. The molecule has 1 aliphatic rings. The van der Waals surface area contributed by atoms with E-state index in [1.165, 1.54) is 0 Å². The number of carbonyl (C=O) groups excluding carboxylic acids is 1. The largest absolute Gasteiger partial charge is 0.444 e. The first kappa shape index (κ1) is 15.8. The van der Waals surface area contributed by atoms with Gasteiger partial charge >= 0.3 is 6.09 Å². The molecule has 7 nitrogen and oxygen atoms in total. The number of aromatic nitrogens is 2. The maximum absolute atomic E-state index is 11.8. The Labute approximate surface area is 124 Å². The van der Waals surface area contributed by atoms with Gasteiger partial charge < -0.3 is 18.9 Å². The Morgan fingerprint density at radius 2 is 2.14 bits per heavy atom. The third-order valence-corrected chi connectivity index (χ3v) is 3.27. The van der Waals surface area contributed by atoms with Gasteiger partial charge in [-0.2, -0.15) is 4.98 Å². The SMILES string of the molecule is COC(C)c1noc(CC2CN(C(=O)OC(C)(C)C)C2)n1. The van der Waals surface area contributed by atoms with E-state index in [9.17, 15) is 4.79 Å². The molecule has 1 atom stereocenters. The van der Waals surface area contributed by atoms with Crippen LogP contribution in [0.5, 0.6) is 0 Å². The molecular formula is C14H23N3O4. The molecule has 1 unspecified atom stereocenters. The number of methoxy groups -OCH3 is 1. The fraction of sp³-hybridized carbons (Fsp3) is 0.786. The van der Waals surface area contributed by atoms with Crippen molar-refractivity contribution in [1.82, 2.24) is 15.0 Å². The normalized spacial score (nSPS) is 17.5. The zero-order valence-corrected chi connectivity index (χ0v) is 13.3. The van der Waals surface area contributed by atoms with Crippen LogP contribution in [0.1, 0.15) is 45.5 Å². The summed E-state index contributed by atoms with van der Waals surface area (Å²) < 4.78 is 15.6. The second-order valence-corrected chi connectivity index (χ2v) is 6.38. The summed E-state index contributed by atoms with van der Waals surface area (Å²) in [7, 11) is 1.60. The Hall–Kier alpha value is -1.63. The summed E-state index contributed by atoms with van der Waals surface area (Å²) in [6.45, 7) is 8.76. The second kappa shape index (κ2) is 6.01. The number of ether oxygens (including phenoxy) is 2. The van der Waals surface area contributed by atoms with Crippen LogP contribution in [0.4, 0.5) is 4.79 Å². The van der Waals surface area contributed by atoms with Crippen molar-refractivity contribution in [3.63, 3.8) is 0 Å². The Morgan fingerprint density at radius 1 is 1.48 bits per heavy atom. The van der Waals surface area contributed by atoms with Gasteiger partial charge in [-0.05, 0) is 27.7 Å². The molecule has 0 radical (unpaired) electrons. The highest BCUT2D eigenvalue weighted by molar-refractivity contribution is 5.69. The average Bonchev–Trinajstić information content (AvgIpc) is 2.78. The average molecular weight is 297 g/mol. The van der Waals surface area contributed by atoms with Crippen molar-refractivity contribution in [2.75, 3.05) is 20.2 Å². The minimum Gasteiger partial charge on any atom is -0.444 e. The lowest BCUT2D eigenvalue weighted by molar-refractivity contribution is -0.00187. The van der Waals surface area contributed by atoms with Crippen LogP contribution >= 0.6 is 0 Å². The van der Waals surface area contributed by atoms with E-state index in [2.05, 4.69) is 10.1 Å². The van der Waals surface area contributed by atoms with Gasteiger partial charge in [-0.3, -0.25) is 0 Å². The Bertz CT molecular complexity index is 489. The highest BCUT2D eigenvalue weighted by Gasteiger charge is 2.34. The first-order chi connectivity index (χ1) is 9.78. The third kappa shape index (κ3) is 4.17. The molecule has 1 aromatic rings. The van der Waals surface area contributed by atoms with Gasteiger partial charge in [0.15, 0.2) is 5.82 Å². The molecule has 7 heteroatoms. The van der Waals surface area contributed by atoms with Gasteiger partial charge in [0, 0.05) is 32.5 Å². The van der Waals surface area contributed by atoms with Crippen LogP contribution in [0.25, 0.3) is 0 Å². The molecule has 1 aromatic heterocycles. The molecule has 0 saturated carbocycles. The van der Waals surface area contributed by atoms with E-state index in [-0.39, 0.29) is 12.2 Å². The quantitative estimate of drug-likeness (QED) is 0.847. The minimum absolute atomic E-state index is 0.179. The summed E-state index contributed by atoms with van der Waals surface area (Å²) in [6.07, 6.45) is 0.225. The van der Waals surface area contributed by atoms with Crippen molar-refractivity contribution < 1.29 is 18.8 Å². The second-order valence-electron chi connectivity index (χ2n) is 6.38. The molecule has 21 heavy (non-hydrogen) atoms. The zero-order chi connectivity index (χ0) is 15.6. The number of nitrogens with zero attached hydrogens (tertiary/aromatic N) is 3. The van der Waals surface area contributed by atoms with Crippen LogP contribution in [0, 0.1) is 5.92 Å². The first-order valence-electron chi connectivity index (χ1n) is 7.11. The topological polar surface area (TPSA) is 77.7 Å². The van der Waals surface area contributed by atoms with E-state index in [0.717, 1.165) is 0 Å². The van der Waals surface area contributed by atoms with Crippen molar-refractivity contribution >= 4 is 6.09 Å². The first-order valence-corrected chi connectivity index (χ1v) is 7.11. The van der Waals surface area contributed by atoms with E-state index in [0.29, 0.717) is 37.1 Å². The molecule has 0 spiro atoms. The molecule has 0 N–H and O–H groups in total. The van der Waals surface area contributed by atoms with E-state index in [4.69, 9.17) is 14.0 Å². The lowest BCUT2D eigenvalue weighted by Crippen LogP contribution is -2.52. The fourth-order valence-corrected chi connectivity index (χ4v) is 2.04. The van der Waals surface area contributed by atoms with Crippen LogP contribution in [0.2, 0.25) is 0 Å². The van der Waals surface area contributed by atoms with E-state index in [1.54, 1.807) is 12.0 Å².